The quantitative estimate of drug-likeness (QED) is 0.251. The Morgan fingerprint density at radius 2 is 1.64 bits per heavy atom. The molecular formula is C19H22K2NO5P. The number of hydrogen-bond acceptors (Lipinski definition) is 5. The Bertz CT molecular complexity index is 796. The summed E-state index contributed by atoms with van der Waals surface area (Å²) < 4.78 is 16.9. The molecule has 2 aromatic carbocycles. The van der Waals surface area contributed by atoms with Gasteiger partial charge in [-0.3, -0.25) is 4.79 Å². The zero-order chi connectivity index (χ0) is 19.2. The smallest absolute Gasteiger partial charge is 0.810 e. The van der Waals surface area contributed by atoms with Gasteiger partial charge in [-0.05, 0) is 56.5 Å². The van der Waals surface area contributed by atoms with Gasteiger partial charge in [-0.25, -0.2) is 0 Å². The minimum absolute atomic E-state index is 0. The van der Waals surface area contributed by atoms with Crippen LogP contribution in [0.15, 0.2) is 54.6 Å². The van der Waals surface area contributed by atoms with Crippen LogP contribution in [0.5, 0.6) is 11.5 Å². The van der Waals surface area contributed by atoms with Crippen molar-refractivity contribution in [2.45, 2.75) is 31.8 Å². The number of para-hydroxylation sites is 1. The molecule has 0 aliphatic rings. The first-order valence-electron chi connectivity index (χ1n) is 8.32. The summed E-state index contributed by atoms with van der Waals surface area (Å²) in [4.78, 5) is 34.1. The number of benzene rings is 2. The number of carbonyl (C=O) groups excluding carboxylic acids is 1. The van der Waals surface area contributed by atoms with E-state index in [1.54, 1.807) is 0 Å². The Morgan fingerprint density at radius 1 is 1.04 bits per heavy atom. The van der Waals surface area contributed by atoms with Crippen LogP contribution in [0.1, 0.15) is 25.8 Å². The van der Waals surface area contributed by atoms with Gasteiger partial charge in [-0.1, -0.05) is 37.9 Å². The first-order valence-corrected chi connectivity index (χ1v) is 9.87. The SMILES string of the molecule is CC(C)(C(=O)NCCCc1cccc(Oc2ccccc2)c1)P(=O)([O-])[O-].[K+].[K+]. The largest absolute Gasteiger partial charge is 1.00 e. The molecule has 28 heavy (non-hydrogen) atoms. The van der Waals surface area contributed by atoms with Crippen LogP contribution in [-0.4, -0.2) is 17.6 Å². The van der Waals surface area contributed by atoms with Gasteiger partial charge in [0.1, 0.15) is 11.5 Å². The molecule has 0 bridgehead atoms. The van der Waals surface area contributed by atoms with E-state index >= 15 is 0 Å². The fourth-order valence-corrected chi connectivity index (χ4v) is 2.55. The van der Waals surface area contributed by atoms with Gasteiger partial charge in [0.2, 0.25) is 5.91 Å². The molecular weight excluding hydrogens is 431 g/mol. The second-order valence-corrected chi connectivity index (χ2v) is 8.59. The summed E-state index contributed by atoms with van der Waals surface area (Å²) in [7, 11) is -5.00. The predicted octanol–water partition coefficient (Wildman–Crippen LogP) is -3.77. The molecule has 0 spiro atoms. The van der Waals surface area contributed by atoms with Crippen molar-refractivity contribution >= 4 is 13.5 Å². The Hall–Kier alpha value is 1.13. The van der Waals surface area contributed by atoms with Crippen molar-refractivity contribution in [3.63, 3.8) is 0 Å². The molecule has 2 rings (SSSR count). The molecule has 140 valence electrons. The van der Waals surface area contributed by atoms with Gasteiger partial charge < -0.3 is 24.4 Å². The van der Waals surface area contributed by atoms with E-state index in [1.807, 2.05) is 54.6 Å². The summed E-state index contributed by atoms with van der Waals surface area (Å²) in [5.74, 6) is 0.698. The number of carbonyl (C=O) groups is 1. The molecule has 0 aliphatic carbocycles. The predicted molar refractivity (Wildman–Crippen MR) is 96.0 cm³/mol. The van der Waals surface area contributed by atoms with Crippen LogP contribution in [-0.2, 0) is 15.8 Å². The molecule has 2 aromatic rings. The van der Waals surface area contributed by atoms with E-state index in [9.17, 15) is 19.1 Å². The minimum Gasteiger partial charge on any atom is -0.810 e. The van der Waals surface area contributed by atoms with Crippen molar-refractivity contribution in [1.82, 2.24) is 5.32 Å². The number of ether oxygens (including phenoxy) is 1. The van der Waals surface area contributed by atoms with Gasteiger partial charge in [-0.2, -0.15) is 0 Å². The Balaban J connectivity index is 0.00000364. The standard InChI is InChI=1S/C19H24NO5P.2K/c1-19(2,26(22,23)24)18(21)20-13-7-9-15-8-6-12-17(14-15)25-16-10-4-3-5-11-16;;/h3-6,8,10-12,14H,7,9,13H2,1-2H3,(H,20,21)(H2,22,23,24);;/q;2*+1/p-2. The van der Waals surface area contributed by atoms with Crippen LogP contribution < -0.4 is 123 Å². The monoisotopic (exact) mass is 453 g/mol. The van der Waals surface area contributed by atoms with Gasteiger partial charge >= 0.3 is 103 Å². The van der Waals surface area contributed by atoms with Crippen LogP contribution in [0.2, 0.25) is 0 Å². The molecule has 6 nitrogen and oxygen atoms in total. The number of hydrogen-bond donors (Lipinski definition) is 1. The molecule has 0 saturated heterocycles. The minimum atomic E-state index is -5.00. The molecule has 0 heterocycles. The molecule has 0 aromatic heterocycles. The molecule has 0 saturated carbocycles. The normalized spacial score (nSPS) is 11.0. The zero-order valence-corrected chi connectivity index (χ0v) is 23.9. The molecule has 9 heteroatoms. The van der Waals surface area contributed by atoms with Crippen molar-refractivity contribution < 1.29 is 127 Å². The number of rotatable bonds is 8. The number of aryl methyl sites for hydroxylation is 1. The first-order chi connectivity index (χ1) is 12.2. The van der Waals surface area contributed by atoms with Crippen molar-refractivity contribution in [3.8, 4) is 11.5 Å². The second-order valence-electron chi connectivity index (χ2n) is 6.48. The van der Waals surface area contributed by atoms with E-state index in [0.29, 0.717) is 12.8 Å². The third-order valence-corrected chi connectivity index (χ3v) is 5.62. The molecule has 0 aliphatic heterocycles. The summed E-state index contributed by atoms with van der Waals surface area (Å²) in [5, 5.41) is 0.564. The van der Waals surface area contributed by atoms with Crippen LogP contribution in [0.3, 0.4) is 0 Å². The summed E-state index contributed by atoms with van der Waals surface area (Å²) in [6, 6.07) is 17.1. The van der Waals surface area contributed by atoms with E-state index in [2.05, 4.69) is 5.32 Å². The van der Waals surface area contributed by atoms with Gasteiger partial charge in [0.05, 0.1) is 5.16 Å². The van der Waals surface area contributed by atoms with E-state index in [-0.39, 0.29) is 109 Å². The van der Waals surface area contributed by atoms with E-state index in [1.165, 1.54) is 0 Å². The average molecular weight is 454 g/mol. The maximum Gasteiger partial charge on any atom is 1.00 e. The Labute approximate surface area is 251 Å². The van der Waals surface area contributed by atoms with E-state index in [0.717, 1.165) is 30.9 Å². The fourth-order valence-electron chi connectivity index (χ4n) is 2.22. The Morgan fingerprint density at radius 3 is 2.25 bits per heavy atom. The van der Waals surface area contributed by atoms with Crippen molar-refractivity contribution in [1.29, 1.82) is 0 Å². The van der Waals surface area contributed by atoms with Gasteiger partial charge in [0, 0.05) is 6.54 Å². The van der Waals surface area contributed by atoms with Crippen LogP contribution >= 0.6 is 7.60 Å². The van der Waals surface area contributed by atoms with Crippen LogP contribution in [0.4, 0.5) is 0 Å². The maximum absolute atomic E-state index is 11.9. The summed E-state index contributed by atoms with van der Waals surface area (Å²) in [5.41, 5.74) is 1.03. The first kappa shape index (κ1) is 29.1. The van der Waals surface area contributed by atoms with Crippen LogP contribution in [0.25, 0.3) is 0 Å². The summed E-state index contributed by atoms with van der Waals surface area (Å²) >= 11 is 0. The third-order valence-electron chi connectivity index (χ3n) is 4.05. The van der Waals surface area contributed by atoms with Gasteiger partial charge in [0.25, 0.3) is 0 Å². The molecule has 1 N–H and O–H groups in total. The summed E-state index contributed by atoms with van der Waals surface area (Å²) in [6.07, 6.45) is 1.29. The van der Waals surface area contributed by atoms with E-state index in [4.69, 9.17) is 4.74 Å². The van der Waals surface area contributed by atoms with Crippen LogP contribution in [0, 0.1) is 0 Å². The third kappa shape index (κ3) is 9.10. The second kappa shape index (κ2) is 13.5. The Kier molecular flexibility index (Phi) is 14.1. The average Bonchev–Trinajstić information content (AvgIpc) is 2.59. The number of nitrogens with one attached hydrogen (secondary N) is 1. The fraction of sp³-hybridized carbons (Fsp3) is 0.316. The van der Waals surface area contributed by atoms with Crippen molar-refractivity contribution in [2.75, 3.05) is 6.54 Å². The summed E-state index contributed by atoms with van der Waals surface area (Å²) in [6.45, 7) is 2.52. The molecule has 0 unspecified atom stereocenters. The maximum atomic E-state index is 11.9. The van der Waals surface area contributed by atoms with Gasteiger partial charge in [-0.15, -0.1) is 0 Å². The van der Waals surface area contributed by atoms with Gasteiger partial charge in [0.15, 0.2) is 0 Å². The molecule has 1 amide bonds. The zero-order valence-electron chi connectivity index (χ0n) is 16.8. The molecule has 0 radical (unpaired) electrons. The van der Waals surface area contributed by atoms with Crippen molar-refractivity contribution in [2.24, 2.45) is 0 Å². The number of amides is 1. The topological polar surface area (TPSA) is 102 Å². The molecule has 0 fully saturated rings. The molecule has 0 atom stereocenters. The van der Waals surface area contributed by atoms with Crippen molar-refractivity contribution in [3.05, 3.63) is 60.2 Å². The van der Waals surface area contributed by atoms with E-state index < -0.39 is 18.7 Å².